The summed E-state index contributed by atoms with van der Waals surface area (Å²) in [5, 5.41) is 18.8. The minimum atomic E-state index is 0.195. The van der Waals surface area contributed by atoms with E-state index in [1.807, 2.05) is 32.9 Å². The second-order valence-corrected chi connectivity index (χ2v) is 4.45. The van der Waals surface area contributed by atoms with Crippen LogP contribution in [0.2, 0.25) is 0 Å². The normalized spacial score (nSPS) is 15.0. The van der Waals surface area contributed by atoms with Crippen molar-refractivity contribution in [2.45, 2.75) is 33.6 Å². The van der Waals surface area contributed by atoms with Crippen LogP contribution in [0.4, 0.5) is 0 Å². The summed E-state index contributed by atoms with van der Waals surface area (Å²) in [5.74, 6) is 0.934. The number of aliphatic hydroxyl groups excluding tert-OH is 1. The minimum absolute atomic E-state index is 0.195. The number of aromatic hydroxyl groups is 1. The third-order valence-electron chi connectivity index (χ3n) is 3.18. The first-order valence-corrected chi connectivity index (χ1v) is 5.38. The maximum absolute atomic E-state index is 9.66. The van der Waals surface area contributed by atoms with Gasteiger partial charge in [0.1, 0.15) is 5.75 Å². The highest BCUT2D eigenvalue weighted by atomic mass is 16.3. The van der Waals surface area contributed by atoms with Gasteiger partial charge in [-0.2, -0.15) is 0 Å². The molecule has 0 saturated carbocycles. The van der Waals surface area contributed by atoms with E-state index in [1.54, 1.807) is 0 Å². The van der Waals surface area contributed by atoms with Crippen LogP contribution in [-0.2, 0) is 0 Å². The van der Waals surface area contributed by atoms with Crippen molar-refractivity contribution in [1.29, 1.82) is 0 Å². The molecule has 0 saturated heterocycles. The summed E-state index contributed by atoms with van der Waals surface area (Å²) < 4.78 is 0. The first-order chi connectivity index (χ1) is 6.97. The van der Waals surface area contributed by atoms with Gasteiger partial charge in [0.15, 0.2) is 0 Å². The van der Waals surface area contributed by atoms with Gasteiger partial charge in [-0.25, -0.2) is 0 Å². The van der Waals surface area contributed by atoms with Gasteiger partial charge in [0.05, 0.1) is 0 Å². The molecule has 15 heavy (non-hydrogen) atoms. The molecule has 0 aliphatic heterocycles. The van der Waals surface area contributed by atoms with Gasteiger partial charge in [0, 0.05) is 6.61 Å². The molecule has 2 N–H and O–H groups in total. The molecule has 0 fully saturated rings. The zero-order valence-electron chi connectivity index (χ0n) is 9.91. The predicted octanol–water partition coefficient (Wildman–Crippen LogP) is 2.74. The number of phenolic OH excluding ortho intramolecular Hbond substituents is 1. The summed E-state index contributed by atoms with van der Waals surface area (Å²) >= 11 is 0. The zero-order valence-corrected chi connectivity index (χ0v) is 9.91. The van der Waals surface area contributed by atoms with Gasteiger partial charge in [-0.1, -0.05) is 26.0 Å². The number of hydrogen-bond donors (Lipinski definition) is 2. The van der Waals surface area contributed by atoms with Crippen molar-refractivity contribution in [3.8, 4) is 5.75 Å². The van der Waals surface area contributed by atoms with E-state index in [9.17, 15) is 5.11 Å². The molecule has 1 aromatic rings. The van der Waals surface area contributed by atoms with Gasteiger partial charge < -0.3 is 10.2 Å². The van der Waals surface area contributed by atoms with E-state index in [0.29, 0.717) is 11.7 Å². The Kier molecular flexibility index (Phi) is 3.75. The molecule has 2 heteroatoms. The number of hydrogen-bond acceptors (Lipinski definition) is 2. The smallest absolute Gasteiger partial charge is 0.121 e. The lowest BCUT2D eigenvalue weighted by atomic mass is 9.87. The maximum atomic E-state index is 9.66. The highest BCUT2D eigenvalue weighted by molar-refractivity contribution is 5.43. The fraction of sp³-hybridized carbons (Fsp3) is 0.538. The zero-order chi connectivity index (χ0) is 11.6. The van der Waals surface area contributed by atoms with Crippen molar-refractivity contribution >= 4 is 0 Å². The van der Waals surface area contributed by atoms with Crippen LogP contribution in [0, 0.1) is 19.8 Å². The van der Waals surface area contributed by atoms with Crippen molar-refractivity contribution in [3.05, 3.63) is 28.8 Å². The molecule has 0 amide bonds. The fourth-order valence-corrected chi connectivity index (χ4v) is 1.74. The fourth-order valence-electron chi connectivity index (χ4n) is 1.74. The van der Waals surface area contributed by atoms with Gasteiger partial charge in [0.25, 0.3) is 0 Å². The summed E-state index contributed by atoms with van der Waals surface area (Å²) in [5.41, 5.74) is 2.99. The van der Waals surface area contributed by atoms with E-state index in [2.05, 4.69) is 6.92 Å². The second-order valence-electron chi connectivity index (χ2n) is 4.45. The van der Waals surface area contributed by atoms with Crippen molar-refractivity contribution in [3.63, 3.8) is 0 Å². The van der Waals surface area contributed by atoms with Crippen molar-refractivity contribution < 1.29 is 10.2 Å². The Balaban J connectivity index is 3.06. The number of aryl methyl sites for hydroxylation is 2. The van der Waals surface area contributed by atoms with Gasteiger partial charge in [0.2, 0.25) is 0 Å². The van der Waals surface area contributed by atoms with Crippen LogP contribution in [0.3, 0.4) is 0 Å². The first-order valence-electron chi connectivity index (χ1n) is 5.38. The monoisotopic (exact) mass is 208 g/mol. The molecule has 0 aliphatic rings. The van der Waals surface area contributed by atoms with Crippen LogP contribution < -0.4 is 0 Å². The topological polar surface area (TPSA) is 40.5 Å². The van der Waals surface area contributed by atoms with Crippen LogP contribution >= 0.6 is 0 Å². The summed E-state index contributed by atoms with van der Waals surface area (Å²) in [6.07, 6.45) is 0. The van der Waals surface area contributed by atoms with Crippen molar-refractivity contribution in [2.24, 2.45) is 5.92 Å². The highest BCUT2D eigenvalue weighted by Gasteiger charge is 2.15. The van der Waals surface area contributed by atoms with Crippen molar-refractivity contribution in [1.82, 2.24) is 0 Å². The molecular weight excluding hydrogens is 188 g/mol. The summed E-state index contributed by atoms with van der Waals surface area (Å²) in [6.45, 7) is 8.14. The number of benzene rings is 1. The molecule has 2 nitrogen and oxygen atoms in total. The third kappa shape index (κ3) is 2.51. The number of aliphatic hydroxyl groups is 1. The van der Waals surface area contributed by atoms with Crippen LogP contribution in [-0.4, -0.2) is 16.8 Å². The summed E-state index contributed by atoms with van der Waals surface area (Å²) in [6, 6.07) is 4.00. The standard InChI is InChI=1S/C13H20O2/c1-8-5-12(6-9(2)13(8)15)11(4)10(3)7-14/h5-6,10-11,14-15H,7H2,1-4H3. The Bertz CT molecular complexity index is 321. The van der Waals surface area contributed by atoms with Gasteiger partial charge in [-0.15, -0.1) is 0 Å². The van der Waals surface area contributed by atoms with E-state index in [-0.39, 0.29) is 12.5 Å². The molecule has 0 aromatic heterocycles. The van der Waals surface area contributed by atoms with Gasteiger partial charge in [-0.05, 0) is 42.4 Å². The lowest BCUT2D eigenvalue weighted by molar-refractivity contribution is 0.220. The van der Waals surface area contributed by atoms with Crippen LogP contribution in [0.15, 0.2) is 12.1 Å². The van der Waals surface area contributed by atoms with E-state index in [0.717, 1.165) is 11.1 Å². The second kappa shape index (κ2) is 4.67. The number of phenols is 1. The number of rotatable bonds is 3. The molecule has 0 spiro atoms. The molecule has 2 unspecified atom stereocenters. The van der Waals surface area contributed by atoms with E-state index in [4.69, 9.17) is 5.11 Å². The van der Waals surface area contributed by atoms with E-state index in [1.165, 1.54) is 5.56 Å². The summed E-state index contributed by atoms with van der Waals surface area (Å²) in [7, 11) is 0. The molecule has 1 rings (SSSR count). The Morgan fingerprint density at radius 3 is 2.00 bits per heavy atom. The first kappa shape index (κ1) is 12.1. The molecular formula is C13H20O2. The molecule has 0 aliphatic carbocycles. The van der Waals surface area contributed by atoms with Gasteiger partial charge >= 0.3 is 0 Å². The average Bonchev–Trinajstić information content (AvgIpc) is 2.23. The molecule has 2 atom stereocenters. The Hall–Kier alpha value is -1.02. The summed E-state index contributed by atoms with van der Waals surface area (Å²) in [4.78, 5) is 0. The largest absolute Gasteiger partial charge is 0.507 e. The molecule has 0 radical (unpaired) electrons. The van der Waals surface area contributed by atoms with E-state index >= 15 is 0 Å². The van der Waals surface area contributed by atoms with E-state index < -0.39 is 0 Å². The Morgan fingerprint density at radius 1 is 1.13 bits per heavy atom. The van der Waals surface area contributed by atoms with Crippen LogP contribution in [0.5, 0.6) is 5.75 Å². The molecule has 84 valence electrons. The quantitative estimate of drug-likeness (QED) is 0.801. The highest BCUT2D eigenvalue weighted by Crippen LogP contribution is 2.30. The van der Waals surface area contributed by atoms with Crippen molar-refractivity contribution in [2.75, 3.05) is 6.61 Å². The van der Waals surface area contributed by atoms with Gasteiger partial charge in [-0.3, -0.25) is 0 Å². The maximum Gasteiger partial charge on any atom is 0.121 e. The lowest BCUT2D eigenvalue weighted by Crippen LogP contribution is -2.10. The predicted molar refractivity (Wildman–Crippen MR) is 62.2 cm³/mol. The molecule has 0 bridgehead atoms. The third-order valence-corrected chi connectivity index (χ3v) is 3.18. The Morgan fingerprint density at radius 2 is 1.60 bits per heavy atom. The Labute approximate surface area is 91.6 Å². The SMILES string of the molecule is Cc1cc(C(C)C(C)CO)cc(C)c1O. The minimum Gasteiger partial charge on any atom is -0.507 e. The molecule has 1 aromatic carbocycles. The lowest BCUT2D eigenvalue weighted by Gasteiger charge is -2.19. The molecule has 0 heterocycles. The van der Waals surface area contributed by atoms with Crippen LogP contribution in [0.1, 0.15) is 36.5 Å². The average molecular weight is 208 g/mol. The van der Waals surface area contributed by atoms with Crippen LogP contribution in [0.25, 0.3) is 0 Å².